The lowest BCUT2D eigenvalue weighted by molar-refractivity contribution is -0.137. The molecule has 1 aromatic rings. The summed E-state index contributed by atoms with van der Waals surface area (Å²) in [5.74, 6) is -0.0267. The van der Waals surface area contributed by atoms with E-state index in [1.54, 1.807) is 18.1 Å². The molecule has 0 spiro atoms. The van der Waals surface area contributed by atoms with E-state index >= 15 is 0 Å². The first-order valence-corrected chi connectivity index (χ1v) is 10.3. The van der Waals surface area contributed by atoms with Gasteiger partial charge in [0.2, 0.25) is 12.2 Å². The highest BCUT2D eigenvalue weighted by Gasteiger charge is 2.31. The van der Waals surface area contributed by atoms with Crippen LogP contribution in [0.15, 0.2) is 29.3 Å². The number of nitrogens with one attached hydrogen (secondary N) is 2. The molecule has 0 radical (unpaired) electrons. The van der Waals surface area contributed by atoms with Gasteiger partial charge in [-0.25, -0.2) is 0 Å². The van der Waals surface area contributed by atoms with Gasteiger partial charge in [-0.3, -0.25) is 20.1 Å². The number of unbranched alkanes of at least 4 members (excludes halogenated alkanes) is 1. The summed E-state index contributed by atoms with van der Waals surface area (Å²) < 4.78 is 43.9. The summed E-state index contributed by atoms with van der Waals surface area (Å²) in [6.07, 6.45) is -3.08. The summed E-state index contributed by atoms with van der Waals surface area (Å²) in [6.45, 7) is 4.43. The van der Waals surface area contributed by atoms with Crippen molar-refractivity contribution in [2.24, 2.45) is 4.99 Å². The molecule has 2 N–H and O–H groups in total. The van der Waals surface area contributed by atoms with Crippen LogP contribution in [-0.2, 0) is 15.7 Å². The third-order valence-electron chi connectivity index (χ3n) is 5.39. The number of carbonyl (C=O) groups is 1. The summed E-state index contributed by atoms with van der Waals surface area (Å²) in [5.41, 5.74) is 2.90. The van der Waals surface area contributed by atoms with E-state index in [2.05, 4.69) is 20.6 Å². The van der Waals surface area contributed by atoms with Gasteiger partial charge in [0.25, 0.3) is 5.91 Å². The number of amides is 1. The Hall–Kier alpha value is -2.37. The number of amidine groups is 1. The van der Waals surface area contributed by atoms with Gasteiger partial charge in [-0.2, -0.15) is 18.2 Å². The van der Waals surface area contributed by atoms with Crippen LogP contribution in [-0.4, -0.2) is 81.4 Å². The molecule has 3 rings (SSSR count). The Kier molecular flexibility index (Phi) is 7.74. The summed E-state index contributed by atoms with van der Waals surface area (Å²) in [5, 5.41) is 4.31. The van der Waals surface area contributed by atoms with E-state index in [0.717, 1.165) is 38.5 Å². The number of hydrogen-bond acceptors (Lipinski definition) is 6. The van der Waals surface area contributed by atoms with Crippen molar-refractivity contribution < 1.29 is 22.7 Å². The molecule has 2 heterocycles. The molecule has 31 heavy (non-hydrogen) atoms. The quantitative estimate of drug-likeness (QED) is 0.624. The van der Waals surface area contributed by atoms with E-state index in [1.165, 1.54) is 19.2 Å². The molecule has 0 bridgehead atoms. The van der Waals surface area contributed by atoms with Gasteiger partial charge in [-0.15, -0.1) is 0 Å². The molecule has 1 aromatic carbocycles. The maximum Gasteiger partial charge on any atom is 0.416 e. The summed E-state index contributed by atoms with van der Waals surface area (Å²) in [7, 11) is 3.26. The lowest BCUT2D eigenvalue weighted by Gasteiger charge is -2.36. The molecule has 2 fully saturated rings. The van der Waals surface area contributed by atoms with Crippen molar-refractivity contribution in [3.05, 3.63) is 29.8 Å². The van der Waals surface area contributed by atoms with Gasteiger partial charge in [-0.1, -0.05) is 6.07 Å². The second kappa shape index (κ2) is 10.3. The van der Waals surface area contributed by atoms with Gasteiger partial charge in [0, 0.05) is 52.6 Å². The van der Waals surface area contributed by atoms with Crippen molar-refractivity contribution in [3.63, 3.8) is 0 Å². The van der Waals surface area contributed by atoms with Crippen LogP contribution in [0.3, 0.4) is 0 Å². The fraction of sp³-hybridized carbons (Fsp3) is 0.600. The van der Waals surface area contributed by atoms with E-state index in [9.17, 15) is 18.0 Å². The Labute approximate surface area is 180 Å². The number of anilines is 1. The van der Waals surface area contributed by atoms with Gasteiger partial charge in [0.15, 0.2) is 0 Å². The third-order valence-corrected chi connectivity index (χ3v) is 5.39. The summed E-state index contributed by atoms with van der Waals surface area (Å²) in [4.78, 5) is 20.6. The number of alkyl halides is 3. The minimum Gasteiger partial charge on any atom is -0.369 e. The van der Waals surface area contributed by atoms with Gasteiger partial charge >= 0.3 is 6.18 Å². The molecule has 11 heteroatoms. The number of piperazine rings is 1. The smallest absolute Gasteiger partial charge is 0.369 e. The molecule has 8 nitrogen and oxygen atoms in total. The predicted octanol–water partition coefficient (Wildman–Crippen LogP) is 1.50. The number of hydrogen-bond donors (Lipinski definition) is 2. The third kappa shape index (κ3) is 6.31. The first-order valence-electron chi connectivity index (χ1n) is 10.3. The van der Waals surface area contributed by atoms with Crippen molar-refractivity contribution in [3.8, 4) is 0 Å². The van der Waals surface area contributed by atoms with Crippen molar-refractivity contribution in [2.45, 2.75) is 25.4 Å². The minimum atomic E-state index is -4.32. The molecule has 2 saturated heterocycles. The van der Waals surface area contributed by atoms with Crippen molar-refractivity contribution >= 4 is 17.4 Å². The fourth-order valence-electron chi connectivity index (χ4n) is 3.62. The second-order valence-electron chi connectivity index (χ2n) is 7.60. The van der Waals surface area contributed by atoms with Crippen molar-refractivity contribution in [2.75, 3.05) is 58.3 Å². The first kappa shape index (κ1) is 23.3. The second-order valence-corrected chi connectivity index (χ2v) is 7.60. The summed E-state index contributed by atoms with van der Waals surface area (Å²) >= 11 is 0. The molecular weight excluding hydrogens is 413 g/mol. The molecule has 1 unspecified atom stereocenters. The van der Waals surface area contributed by atoms with Gasteiger partial charge < -0.3 is 15.0 Å². The lowest BCUT2D eigenvalue weighted by Crippen LogP contribution is -2.64. The maximum absolute atomic E-state index is 12.9. The number of ether oxygens (including phenoxy) is 1. The minimum absolute atomic E-state index is 0.269. The van der Waals surface area contributed by atoms with Gasteiger partial charge in [-0.05, 0) is 37.6 Å². The van der Waals surface area contributed by atoms with Crippen LogP contribution >= 0.6 is 0 Å². The van der Waals surface area contributed by atoms with Crippen LogP contribution in [0.25, 0.3) is 0 Å². The number of nitrogens with zero attached hydrogens (tertiary/aromatic N) is 4. The predicted molar refractivity (Wildman–Crippen MR) is 111 cm³/mol. The number of carbonyl (C=O) groups excluding carboxylic acids is 1. The van der Waals surface area contributed by atoms with Crippen molar-refractivity contribution in [1.29, 1.82) is 0 Å². The van der Waals surface area contributed by atoms with Crippen LogP contribution in [0.4, 0.5) is 18.9 Å². The highest BCUT2D eigenvalue weighted by molar-refractivity contribution is 6.38. The van der Waals surface area contributed by atoms with E-state index in [-0.39, 0.29) is 11.7 Å². The zero-order valence-electron chi connectivity index (χ0n) is 17.8. The molecule has 2 aliphatic rings. The van der Waals surface area contributed by atoms with E-state index in [4.69, 9.17) is 4.74 Å². The van der Waals surface area contributed by atoms with Crippen molar-refractivity contribution in [1.82, 2.24) is 20.7 Å². The largest absolute Gasteiger partial charge is 0.416 e. The van der Waals surface area contributed by atoms with Crippen LogP contribution in [0, 0.1) is 0 Å². The number of hydrazine groups is 1. The van der Waals surface area contributed by atoms with Crippen LogP contribution in [0.1, 0.15) is 18.4 Å². The Morgan fingerprint density at radius 2 is 1.94 bits per heavy atom. The molecule has 1 amide bonds. The number of methoxy groups -OCH3 is 1. The Morgan fingerprint density at radius 1 is 1.19 bits per heavy atom. The molecule has 2 aliphatic heterocycles. The summed E-state index contributed by atoms with van der Waals surface area (Å²) in [6, 6.07) is 5.51. The SMILES string of the molecule is COC1NC(=O)C(=NCCCCN2CCN(c3cccc(C(F)(F)F)c3)CC2)NN1C. The fourth-order valence-corrected chi connectivity index (χ4v) is 3.62. The molecule has 1 atom stereocenters. The van der Waals surface area contributed by atoms with E-state index in [1.807, 2.05) is 4.90 Å². The monoisotopic (exact) mass is 442 g/mol. The molecule has 0 aliphatic carbocycles. The number of benzene rings is 1. The van der Waals surface area contributed by atoms with Gasteiger partial charge in [0.1, 0.15) is 0 Å². The maximum atomic E-state index is 12.9. The number of aliphatic imine (C=N–C) groups is 1. The number of rotatable bonds is 7. The Balaban J connectivity index is 1.37. The average Bonchev–Trinajstić information content (AvgIpc) is 2.75. The molecule has 0 aromatic heterocycles. The van der Waals surface area contributed by atoms with Crippen LogP contribution in [0.2, 0.25) is 0 Å². The van der Waals surface area contributed by atoms with Crippen LogP contribution < -0.4 is 15.6 Å². The highest BCUT2D eigenvalue weighted by atomic mass is 19.4. The standard InChI is InChI=1S/C20H29F3N6O2/c1-27-19(31-2)25-18(30)17(26-27)24-8-3-4-9-28-10-12-29(13-11-28)16-7-5-6-15(14-16)20(21,22)23/h5-7,14,19H,3-4,8-13H2,1-2H3,(H,24,26)(H,25,30). The first-order chi connectivity index (χ1) is 14.8. The van der Waals surface area contributed by atoms with Crippen LogP contribution in [0.5, 0.6) is 0 Å². The van der Waals surface area contributed by atoms with E-state index < -0.39 is 18.1 Å². The molecule has 0 saturated carbocycles. The normalized spacial score (nSPS) is 22.5. The van der Waals surface area contributed by atoms with Gasteiger partial charge in [0.05, 0.1) is 5.56 Å². The lowest BCUT2D eigenvalue weighted by atomic mass is 10.1. The zero-order chi connectivity index (χ0) is 22.4. The zero-order valence-corrected chi connectivity index (χ0v) is 17.8. The topological polar surface area (TPSA) is 72.4 Å². The molecule has 172 valence electrons. The Bertz CT molecular complexity index is 780. The Morgan fingerprint density at radius 3 is 2.61 bits per heavy atom. The molecular formula is C20H29F3N6O2. The number of halogens is 3. The average molecular weight is 442 g/mol. The van der Waals surface area contributed by atoms with E-state index in [0.29, 0.717) is 25.3 Å². The highest BCUT2D eigenvalue weighted by Crippen LogP contribution is 2.31.